The van der Waals surface area contributed by atoms with Crippen molar-refractivity contribution in [1.82, 2.24) is 19.9 Å². The molecule has 2 unspecified atom stereocenters. The van der Waals surface area contributed by atoms with Gasteiger partial charge in [-0.15, -0.1) is 5.10 Å². The lowest BCUT2D eigenvalue weighted by atomic mass is 10.1. The Balaban J connectivity index is 1.53. The first-order valence-corrected chi connectivity index (χ1v) is 6.18. The molecule has 0 aromatic carbocycles. The van der Waals surface area contributed by atoms with Crippen LogP contribution in [-0.2, 0) is 13.1 Å². The Kier molecular flexibility index (Phi) is 2.65. The second-order valence-corrected chi connectivity index (χ2v) is 5.00. The largest absolute Gasteiger partial charge is 0.325 e. The van der Waals surface area contributed by atoms with Gasteiger partial charge in [-0.05, 0) is 25.2 Å². The maximum Gasteiger partial charge on any atom is 0.0962 e. The van der Waals surface area contributed by atoms with Gasteiger partial charge in [0.25, 0.3) is 0 Å². The van der Waals surface area contributed by atoms with E-state index in [1.54, 1.807) is 0 Å². The minimum absolute atomic E-state index is 0.481. The van der Waals surface area contributed by atoms with Crippen LogP contribution in [0.2, 0.25) is 0 Å². The summed E-state index contributed by atoms with van der Waals surface area (Å²) in [4.78, 5) is 2.61. The monoisotopic (exact) mass is 221 g/mol. The van der Waals surface area contributed by atoms with E-state index in [2.05, 4.69) is 15.2 Å². The van der Waals surface area contributed by atoms with E-state index in [1.165, 1.54) is 25.8 Å². The Morgan fingerprint density at radius 1 is 1.38 bits per heavy atom. The van der Waals surface area contributed by atoms with E-state index in [4.69, 9.17) is 5.73 Å². The Labute approximate surface area is 95.6 Å². The Morgan fingerprint density at radius 2 is 2.31 bits per heavy atom. The molecule has 3 rings (SSSR count). The number of hydrogen-bond acceptors (Lipinski definition) is 4. The lowest BCUT2D eigenvalue weighted by Gasteiger charge is -2.26. The molecule has 1 aromatic rings. The van der Waals surface area contributed by atoms with Crippen LogP contribution in [0, 0.1) is 5.92 Å². The van der Waals surface area contributed by atoms with Crippen LogP contribution in [0.3, 0.4) is 0 Å². The van der Waals surface area contributed by atoms with Gasteiger partial charge >= 0.3 is 0 Å². The van der Waals surface area contributed by atoms with Crippen LogP contribution < -0.4 is 5.73 Å². The molecule has 1 aliphatic heterocycles. The van der Waals surface area contributed by atoms with Crippen molar-refractivity contribution in [3.63, 3.8) is 0 Å². The van der Waals surface area contributed by atoms with Crippen LogP contribution in [0.5, 0.6) is 0 Å². The van der Waals surface area contributed by atoms with Crippen LogP contribution in [0.4, 0.5) is 0 Å². The maximum atomic E-state index is 5.50. The quantitative estimate of drug-likeness (QED) is 0.790. The number of nitrogens with two attached hydrogens (primary N) is 1. The molecule has 2 fully saturated rings. The standard InChI is InChI=1S/C11H19N5/c12-6-10-8-16(14-13-10)4-3-15-7-9-1-2-11(15)5-9/h8-9,11H,1-7,12H2. The van der Waals surface area contributed by atoms with Gasteiger partial charge in [0.2, 0.25) is 0 Å². The number of rotatable bonds is 4. The number of fused-ring (bicyclic) bond motifs is 2. The van der Waals surface area contributed by atoms with E-state index in [-0.39, 0.29) is 0 Å². The first-order chi connectivity index (χ1) is 7.85. The summed E-state index contributed by atoms with van der Waals surface area (Å²) in [5, 5.41) is 8.07. The van der Waals surface area contributed by atoms with E-state index in [0.717, 1.165) is 30.7 Å². The fraction of sp³-hybridized carbons (Fsp3) is 0.818. The van der Waals surface area contributed by atoms with Gasteiger partial charge in [0, 0.05) is 31.9 Å². The molecular weight excluding hydrogens is 202 g/mol. The molecule has 88 valence electrons. The highest BCUT2D eigenvalue weighted by atomic mass is 15.4. The molecule has 5 heteroatoms. The summed E-state index contributed by atoms with van der Waals surface area (Å²) in [6, 6.07) is 0.850. The second-order valence-electron chi connectivity index (χ2n) is 5.00. The lowest BCUT2D eigenvalue weighted by Crippen LogP contribution is -2.34. The van der Waals surface area contributed by atoms with Gasteiger partial charge in [0.1, 0.15) is 0 Å². The molecule has 0 radical (unpaired) electrons. The number of piperidine rings is 1. The summed E-state index contributed by atoms with van der Waals surface area (Å²) in [5.41, 5.74) is 6.38. The Bertz CT molecular complexity index is 361. The molecule has 16 heavy (non-hydrogen) atoms. The van der Waals surface area contributed by atoms with Crippen LogP contribution in [-0.4, -0.2) is 39.0 Å². The first-order valence-electron chi connectivity index (χ1n) is 6.18. The molecule has 0 spiro atoms. The molecule has 0 amide bonds. The molecule has 1 saturated carbocycles. The van der Waals surface area contributed by atoms with E-state index in [9.17, 15) is 0 Å². The molecule has 1 aromatic heterocycles. The molecule has 5 nitrogen and oxygen atoms in total. The molecular formula is C11H19N5. The van der Waals surface area contributed by atoms with Crippen LogP contribution in [0.1, 0.15) is 25.0 Å². The van der Waals surface area contributed by atoms with Gasteiger partial charge in [0.05, 0.1) is 12.2 Å². The van der Waals surface area contributed by atoms with Crippen molar-refractivity contribution < 1.29 is 0 Å². The van der Waals surface area contributed by atoms with Gasteiger partial charge in [-0.2, -0.15) is 0 Å². The maximum absolute atomic E-state index is 5.50. The average molecular weight is 221 g/mol. The third-order valence-corrected chi connectivity index (χ3v) is 3.93. The minimum Gasteiger partial charge on any atom is -0.325 e. The predicted octanol–water partition coefficient (Wildman–Crippen LogP) is 0.221. The molecule has 2 N–H and O–H groups in total. The summed E-state index contributed by atoms with van der Waals surface area (Å²) in [6.45, 7) is 3.82. The molecule has 1 aliphatic carbocycles. The van der Waals surface area contributed by atoms with E-state index < -0.39 is 0 Å². The molecule has 2 bridgehead atoms. The van der Waals surface area contributed by atoms with Crippen molar-refractivity contribution in [3.05, 3.63) is 11.9 Å². The van der Waals surface area contributed by atoms with Crippen molar-refractivity contribution in [2.24, 2.45) is 11.7 Å². The zero-order valence-electron chi connectivity index (χ0n) is 9.55. The van der Waals surface area contributed by atoms with Gasteiger partial charge in [-0.1, -0.05) is 5.21 Å². The molecule has 2 aliphatic rings. The zero-order chi connectivity index (χ0) is 11.0. The minimum atomic E-state index is 0.481. The highest BCUT2D eigenvalue weighted by Crippen LogP contribution is 2.36. The molecule has 2 atom stereocenters. The van der Waals surface area contributed by atoms with Gasteiger partial charge in [-0.3, -0.25) is 9.58 Å². The van der Waals surface area contributed by atoms with Crippen molar-refractivity contribution in [2.75, 3.05) is 13.1 Å². The first kappa shape index (κ1) is 10.2. The number of hydrogen-bond donors (Lipinski definition) is 1. The van der Waals surface area contributed by atoms with Crippen LogP contribution in [0.15, 0.2) is 6.20 Å². The Morgan fingerprint density at radius 3 is 2.94 bits per heavy atom. The third kappa shape index (κ3) is 1.85. The van der Waals surface area contributed by atoms with E-state index in [0.29, 0.717) is 6.54 Å². The lowest BCUT2D eigenvalue weighted by molar-refractivity contribution is 0.203. The molecule has 1 saturated heterocycles. The third-order valence-electron chi connectivity index (χ3n) is 3.93. The van der Waals surface area contributed by atoms with Gasteiger partial charge in [-0.25, -0.2) is 0 Å². The van der Waals surface area contributed by atoms with Crippen molar-refractivity contribution in [2.45, 2.75) is 38.4 Å². The van der Waals surface area contributed by atoms with E-state index in [1.807, 2.05) is 10.9 Å². The topological polar surface area (TPSA) is 60.0 Å². The number of aromatic nitrogens is 3. The summed E-state index contributed by atoms with van der Waals surface area (Å²) >= 11 is 0. The summed E-state index contributed by atoms with van der Waals surface area (Å²) < 4.78 is 1.91. The predicted molar refractivity (Wildman–Crippen MR) is 60.6 cm³/mol. The second kappa shape index (κ2) is 4.14. The van der Waals surface area contributed by atoms with Crippen LogP contribution >= 0.6 is 0 Å². The normalized spacial score (nSPS) is 29.1. The summed E-state index contributed by atoms with van der Waals surface area (Å²) in [6.07, 6.45) is 6.22. The fourth-order valence-corrected chi connectivity index (χ4v) is 3.07. The zero-order valence-corrected chi connectivity index (χ0v) is 9.55. The van der Waals surface area contributed by atoms with Gasteiger partial charge in [0.15, 0.2) is 0 Å². The number of likely N-dealkylation sites (tertiary alicyclic amines) is 1. The molecule has 2 heterocycles. The summed E-state index contributed by atoms with van der Waals surface area (Å²) in [7, 11) is 0. The van der Waals surface area contributed by atoms with Crippen molar-refractivity contribution in [3.8, 4) is 0 Å². The highest BCUT2D eigenvalue weighted by Gasteiger charge is 2.37. The van der Waals surface area contributed by atoms with Crippen molar-refractivity contribution >= 4 is 0 Å². The highest BCUT2D eigenvalue weighted by molar-refractivity contribution is 4.93. The van der Waals surface area contributed by atoms with Crippen molar-refractivity contribution in [1.29, 1.82) is 0 Å². The fourth-order valence-electron chi connectivity index (χ4n) is 3.07. The van der Waals surface area contributed by atoms with Gasteiger partial charge < -0.3 is 5.73 Å². The van der Waals surface area contributed by atoms with E-state index >= 15 is 0 Å². The number of nitrogens with zero attached hydrogens (tertiary/aromatic N) is 4. The Hall–Kier alpha value is -0.940. The smallest absolute Gasteiger partial charge is 0.0962 e. The summed E-state index contributed by atoms with van der Waals surface area (Å²) in [5.74, 6) is 0.973. The SMILES string of the molecule is NCc1cn(CCN2CC3CCC2C3)nn1. The average Bonchev–Trinajstić information content (AvgIpc) is 3.02. The van der Waals surface area contributed by atoms with Crippen LogP contribution in [0.25, 0.3) is 0 Å².